The van der Waals surface area contributed by atoms with Crippen molar-refractivity contribution in [1.82, 2.24) is 19.7 Å². The molecule has 0 N–H and O–H groups in total. The lowest BCUT2D eigenvalue weighted by atomic mass is 10.0. The van der Waals surface area contributed by atoms with Gasteiger partial charge in [-0.1, -0.05) is 24.3 Å². The highest BCUT2D eigenvalue weighted by Crippen LogP contribution is 2.25. The van der Waals surface area contributed by atoms with Crippen molar-refractivity contribution < 1.29 is 9.47 Å². The van der Waals surface area contributed by atoms with E-state index in [1.807, 2.05) is 11.7 Å². The third kappa shape index (κ3) is 3.60. The van der Waals surface area contributed by atoms with Gasteiger partial charge in [-0.15, -0.1) is 5.10 Å². The van der Waals surface area contributed by atoms with Crippen LogP contribution in [0.5, 0.6) is 0 Å². The van der Waals surface area contributed by atoms with E-state index in [4.69, 9.17) is 14.5 Å². The zero-order valence-electron chi connectivity index (χ0n) is 15.6. The zero-order valence-corrected chi connectivity index (χ0v) is 15.6. The van der Waals surface area contributed by atoms with Crippen LogP contribution >= 0.6 is 0 Å². The summed E-state index contributed by atoms with van der Waals surface area (Å²) in [6.07, 6.45) is 0. The van der Waals surface area contributed by atoms with E-state index in [1.165, 1.54) is 5.56 Å². The largest absolute Gasteiger partial charge is 0.379 e. The van der Waals surface area contributed by atoms with E-state index in [9.17, 15) is 0 Å². The maximum absolute atomic E-state index is 5.45. The zero-order chi connectivity index (χ0) is 17.9. The molecule has 0 amide bonds. The lowest BCUT2D eigenvalue weighted by molar-refractivity contribution is 0.0198. The van der Waals surface area contributed by atoms with Gasteiger partial charge in [0.2, 0.25) is 5.95 Å². The number of hydrogen-bond donors (Lipinski definition) is 0. The van der Waals surface area contributed by atoms with Crippen LogP contribution < -0.4 is 4.90 Å². The molecule has 140 valence electrons. The Balaban J connectivity index is 1.49. The smallest absolute Gasteiger partial charge is 0.224 e. The maximum atomic E-state index is 5.45. The minimum atomic E-state index is 0.397. The molecule has 7 heteroatoms. The number of morpholine rings is 2. The lowest BCUT2D eigenvalue weighted by Gasteiger charge is -2.32. The van der Waals surface area contributed by atoms with Crippen LogP contribution in [0.3, 0.4) is 0 Å². The summed E-state index contributed by atoms with van der Waals surface area (Å²) in [5.74, 6) is 1.69. The fraction of sp³-hybridized carbons (Fsp3) is 0.579. The molecule has 1 aromatic carbocycles. The molecule has 0 aliphatic carbocycles. The van der Waals surface area contributed by atoms with Crippen LogP contribution in [0.1, 0.15) is 18.5 Å². The molecule has 2 aliphatic heterocycles. The van der Waals surface area contributed by atoms with Crippen molar-refractivity contribution in [3.63, 3.8) is 0 Å². The topological polar surface area (TPSA) is 55.7 Å². The molecule has 3 heterocycles. The van der Waals surface area contributed by atoms with E-state index in [0.717, 1.165) is 69.9 Å². The number of aryl methyl sites for hydroxylation is 1. The molecule has 1 atom stereocenters. The van der Waals surface area contributed by atoms with Gasteiger partial charge >= 0.3 is 0 Å². The lowest BCUT2D eigenvalue weighted by Crippen LogP contribution is -2.37. The Morgan fingerprint density at radius 3 is 2.19 bits per heavy atom. The first-order valence-corrected chi connectivity index (χ1v) is 9.38. The summed E-state index contributed by atoms with van der Waals surface area (Å²) in [5, 5.41) is 4.62. The van der Waals surface area contributed by atoms with Crippen LogP contribution in [0, 0.1) is 0 Å². The Labute approximate surface area is 154 Å². The van der Waals surface area contributed by atoms with Crippen LogP contribution in [0.2, 0.25) is 0 Å². The fourth-order valence-electron chi connectivity index (χ4n) is 3.62. The van der Waals surface area contributed by atoms with E-state index in [2.05, 4.69) is 46.1 Å². The monoisotopic (exact) mass is 357 g/mol. The van der Waals surface area contributed by atoms with Gasteiger partial charge in [0.05, 0.1) is 26.4 Å². The first-order chi connectivity index (χ1) is 12.7. The Hall–Kier alpha value is -1.96. The van der Waals surface area contributed by atoms with Crippen molar-refractivity contribution in [2.75, 3.05) is 57.5 Å². The number of rotatable bonds is 4. The average molecular weight is 357 g/mol. The highest BCUT2D eigenvalue weighted by Gasteiger charge is 2.20. The molecule has 26 heavy (non-hydrogen) atoms. The van der Waals surface area contributed by atoms with Crippen LogP contribution in [-0.4, -0.2) is 72.3 Å². The van der Waals surface area contributed by atoms with Crippen LogP contribution in [0.15, 0.2) is 24.3 Å². The van der Waals surface area contributed by atoms with Crippen molar-refractivity contribution in [2.24, 2.45) is 7.05 Å². The highest BCUT2D eigenvalue weighted by atomic mass is 16.5. The second-order valence-corrected chi connectivity index (χ2v) is 6.90. The van der Waals surface area contributed by atoms with E-state index in [-0.39, 0.29) is 0 Å². The van der Waals surface area contributed by atoms with Gasteiger partial charge < -0.3 is 14.4 Å². The van der Waals surface area contributed by atoms with E-state index in [0.29, 0.717) is 6.04 Å². The minimum Gasteiger partial charge on any atom is -0.379 e. The molecule has 2 aromatic rings. The van der Waals surface area contributed by atoms with Gasteiger partial charge in [-0.05, 0) is 12.5 Å². The van der Waals surface area contributed by atoms with Crippen LogP contribution in [0.25, 0.3) is 11.4 Å². The SMILES string of the molecule is CC(c1ccc(-c2nc(N3CCOCC3)n(C)n2)cc1)N1CCOCC1. The predicted molar refractivity (Wildman–Crippen MR) is 100 cm³/mol. The van der Waals surface area contributed by atoms with Crippen molar-refractivity contribution in [3.8, 4) is 11.4 Å². The number of nitrogens with zero attached hydrogens (tertiary/aromatic N) is 5. The molecular weight excluding hydrogens is 330 g/mol. The molecular formula is C19H27N5O2. The highest BCUT2D eigenvalue weighted by molar-refractivity contribution is 5.57. The van der Waals surface area contributed by atoms with Crippen LogP contribution in [-0.2, 0) is 16.5 Å². The number of hydrogen-bond acceptors (Lipinski definition) is 6. The van der Waals surface area contributed by atoms with Crippen LogP contribution in [0.4, 0.5) is 5.95 Å². The molecule has 0 spiro atoms. The number of benzene rings is 1. The standard InChI is InChI=1S/C19H27N5O2/c1-15(23-7-11-25-12-8-23)16-3-5-17(6-4-16)18-20-19(22(2)21-18)24-9-13-26-14-10-24/h3-6,15H,7-14H2,1-2H3. The summed E-state index contributed by atoms with van der Waals surface area (Å²) < 4.78 is 12.7. The molecule has 4 rings (SSSR count). The molecule has 7 nitrogen and oxygen atoms in total. The molecule has 1 unspecified atom stereocenters. The normalized spacial score (nSPS) is 20.3. The predicted octanol–water partition coefficient (Wildman–Crippen LogP) is 1.71. The molecule has 0 radical (unpaired) electrons. The van der Waals surface area contributed by atoms with Crippen molar-refractivity contribution in [2.45, 2.75) is 13.0 Å². The molecule has 1 aromatic heterocycles. The second kappa shape index (κ2) is 7.73. The minimum absolute atomic E-state index is 0.397. The fourth-order valence-corrected chi connectivity index (χ4v) is 3.62. The number of ether oxygens (including phenoxy) is 2. The molecule has 2 aliphatic rings. The molecule has 2 fully saturated rings. The Morgan fingerprint density at radius 2 is 1.54 bits per heavy atom. The first kappa shape index (κ1) is 17.5. The van der Waals surface area contributed by atoms with E-state index in [1.54, 1.807) is 0 Å². The van der Waals surface area contributed by atoms with Crippen molar-refractivity contribution in [1.29, 1.82) is 0 Å². The van der Waals surface area contributed by atoms with Gasteiger partial charge in [0.15, 0.2) is 5.82 Å². The third-order valence-corrected chi connectivity index (χ3v) is 5.28. The summed E-state index contributed by atoms with van der Waals surface area (Å²) in [5.41, 5.74) is 2.37. The maximum Gasteiger partial charge on any atom is 0.224 e. The van der Waals surface area contributed by atoms with Gasteiger partial charge in [0.25, 0.3) is 0 Å². The van der Waals surface area contributed by atoms with Gasteiger partial charge in [-0.2, -0.15) is 4.98 Å². The summed E-state index contributed by atoms with van der Waals surface area (Å²) >= 11 is 0. The summed E-state index contributed by atoms with van der Waals surface area (Å²) in [6.45, 7) is 9.11. The molecule has 0 saturated carbocycles. The number of anilines is 1. The summed E-state index contributed by atoms with van der Waals surface area (Å²) in [7, 11) is 1.95. The quantitative estimate of drug-likeness (QED) is 0.830. The number of aromatic nitrogens is 3. The second-order valence-electron chi connectivity index (χ2n) is 6.90. The first-order valence-electron chi connectivity index (χ1n) is 9.38. The van der Waals surface area contributed by atoms with E-state index < -0.39 is 0 Å². The van der Waals surface area contributed by atoms with Crippen molar-refractivity contribution in [3.05, 3.63) is 29.8 Å². The van der Waals surface area contributed by atoms with E-state index >= 15 is 0 Å². The van der Waals surface area contributed by atoms with Gasteiger partial charge in [-0.3, -0.25) is 4.90 Å². The molecule has 2 saturated heterocycles. The third-order valence-electron chi connectivity index (χ3n) is 5.28. The Morgan fingerprint density at radius 1 is 0.923 bits per heavy atom. The van der Waals surface area contributed by atoms with Gasteiger partial charge in [0, 0.05) is 44.8 Å². The van der Waals surface area contributed by atoms with Gasteiger partial charge in [-0.25, -0.2) is 4.68 Å². The summed E-state index contributed by atoms with van der Waals surface area (Å²) in [4.78, 5) is 9.46. The van der Waals surface area contributed by atoms with Gasteiger partial charge in [0.1, 0.15) is 0 Å². The average Bonchev–Trinajstić information content (AvgIpc) is 3.10. The molecule has 0 bridgehead atoms. The Bertz CT molecular complexity index is 718. The Kier molecular flexibility index (Phi) is 5.19. The van der Waals surface area contributed by atoms with Crippen molar-refractivity contribution >= 4 is 5.95 Å². The summed E-state index contributed by atoms with van der Waals surface area (Å²) in [6, 6.07) is 9.05.